The maximum absolute atomic E-state index is 13.3. The Morgan fingerprint density at radius 3 is 2.73 bits per heavy atom. The predicted octanol–water partition coefficient (Wildman–Crippen LogP) is 1.49. The summed E-state index contributed by atoms with van der Waals surface area (Å²) in [6.07, 6.45) is 3.14. The molecule has 2 N–H and O–H groups in total. The summed E-state index contributed by atoms with van der Waals surface area (Å²) in [6, 6.07) is 3.40. The highest BCUT2D eigenvalue weighted by atomic mass is 19.2. The largest absolute Gasteiger partial charge is 0.392 e. The number of piperidine rings is 1. The summed E-state index contributed by atoms with van der Waals surface area (Å²) < 4.78 is 26.3. The highest BCUT2D eigenvalue weighted by Gasteiger charge is 2.26. The zero-order valence-electron chi connectivity index (χ0n) is 19.0. The van der Waals surface area contributed by atoms with Gasteiger partial charge in [0.15, 0.2) is 11.6 Å². The van der Waals surface area contributed by atoms with E-state index in [1.165, 1.54) is 18.2 Å². The minimum atomic E-state index is -0.978. The Kier molecular flexibility index (Phi) is 8.94. The standard InChI is InChI=1S/C24H33F2N3O4/c1-17-12-20(31)16-27(14-17)15-19(30)6-8-28-10-11-29(9-7-24(28)33)23(32)5-3-18-2-4-21(25)22(26)13-18/h2-5,13,17,19-20,30-31H,6-12,14-16H2,1H3/t17-,19?,20+/m0/s1. The Bertz CT molecular complexity index is 856. The molecule has 0 bridgehead atoms. The van der Waals surface area contributed by atoms with Gasteiger partial charge in [-0.15, -0.1) is 0 Å². The van der Waals surface area contributed by atoms with Crippen LogP contribution in [-0.2, 0) is 9.59 Å². The Morgan fingerprint density at radius 1 is 1.21 bits per heavy atom. The first-order chi connectivity index (χ1) is 15.7. The SMILES string of the molecule is C[C@H]1C[C@@H](O)CN(CC(O)CCN2CCN(C(=O)C=Cc3ccc(F)c(F)c3)CCC2=O)C1. The van der Waals surface area contributed by atoms with Crippen molar-refractivity contribution in [2.45, 2.75) is 38.4 Å². The molecule has 2 aliphatic rings. The first-order valence-corrected chi connectivity index (χ1v) is 11.5. The van der Waals surface area contributed by atoms with E-state index in [4.69, 9.17) is 0 Å². The van der Waals surface area contributed by atoms with Crippen molar-refractivity contribution in [3.8, 4) is 0 Å². The fourth-order valence-electron chi connectivity index (χ4n) is 4.48. The lowest BCUT2D eigenvalue weighted by molar-refractivity contribution is -0.130. The van der Waals surface area contributed by atoms with E-state index in [0.29, 0.717) is 50.6 Å². The van der Waals surface area contributed by atoms with Gasteiger partial charge in [-0.25, -0.2) is 8.78 Å². The highest BCUT2D eigenvalue weighted by molar-refractivity contribution is 5.92. The molecule has 0 aliphatic carbocycles. The number of β-amino-alcohol motifs (C(OH)–C–C–N with tert-alkyl or cyclic N) is 2. The molecule has 9 heteroatoms. The van der Waals surface area contributed by atoms with Gasteiger partial charge >= 0.3 is 0 Å². The van der Waals surface area contributed by atoms with E-state index in [0.717, 1.165) is 25.1 Å². The number of hydrogen-bond acceptors (Lipinski definition) is 5. The minimum Gasteiger partial charge on any atom is -0.392 e. The van der Waals surface area contributed by atoms with Crippen molar-refractivity contribution >= 4 is 17.9 Å². The fraction of sp³-hybridized carbons (Fsp3) is 0.583. The van der Waals surface area contributed by atoms with Crippen LogP contribution in [-0.4, -0.2) is 94.7 Å². The van der Waals surface area contributed by atoms with E-state index in [-0.39, 0.29) is 30.9 Å². The predicted molar refractivity (Wildman–Crippen MR) is 120 cm³/mol. The van der Waals surface area contributed by atoms with E-state index in [1.807, 2.05) is 0 Å². The van der Waals surface area contributed by atoms with Gasteiger partial charge in [0.25, 0.3) is 0 Å². The Hall–Kier alpha value is -2.36. The monoisotopic (exact) mass is 465 g/mol. The number of rotatable bonds is 7. The summed E-state index contributed by atoms with van der Waals surface area (Å²) in [6.45, 7) is 5.35. The molecule has 2 aliphatic heterocycles. The van der Waals surface area contributed by atoms with Gasteiger partial charge in [-0.05, 0) is 42.5 Å². The second kappa shape index (κ2) is 11.7. The molecule has 2 heterocycles. The molecule has 33 heavy (non-hydrogen) atoms. The van der Waals surface area contributed by atoms with Crippen molar-refractivity contribution in [3.63, 3.8) is 0 Å². The number of carbonyl (C=O) groups is 2. The molecule has 0 spiro atoms. The Balaban J connectivity index is 1.46. The molecule has 1 aromatic rings. The lowest BCUT2D eigenvalue weighted by atomic mass is 9.97. The van der Waals surface area contributed by atoms with Crippen molar-refractivity contribution in [1.82, 2.24) is 14.7 Å². The number of carbonyl (C=O) groups excluding carboxylic acids is 2. The lowest BCUT2D eigenvalue weighted by Crippen LogP contribution is -2.46. The maximum atomic E-state index is 13.3. The average molecular weight is 466 g/mol. The third-order valence-electron chi connectivity index (χ3n) is 6.18. The summed E-state index contributed by atoms with van der Waals surface area (Å²) in [4.78, 5) is 30.3. The first-order valence-electron chi connectivity index (χ1n) is 11.5. The van der Waals surface area contributed by atoms with Crippen molar-refractivity contribution in [1.29, 1.82) is 0 Å². The lowest BCUT2D eigenvalue weighted by Gasteiger charge is -2.35. The summed E-state index contributed by atoms with van der Waals surface area (Å²) in [7, 11) is 0. The van der Waals surface area contributed by atoms with E-state index in [9.17, 15) is 28.6 Å². The van der Waals surface area contributed by atoms with E-state index >= 15 is 0 Å². The number of aliphatic hydroxyl groups is 2. The Morgan fingerprint density at radius 2 is 2.00 bits per heavy atom. The number of hydrogen-bond donors (Lipinski definition) is 2. The number of halogens is 2. The van der Waals surface area contributed by atoms with Crippen molar-refractivity contribution < 1.29 is 28.6 Å². The van der Waals surface area contributed by atoms with Crippen LogP contribution >= 0.6 is 0 Å². The number of benzene rings is 1. The maximum Gasteiger partial charge on any atom is 0.246 e. The van der Waals surface area contributed by atoms with Gasteiger partial charge < -0.3 is 20.0 Å². The fourth-order valence-corrected chi connectivity index (χ4v) is 4.48. The van der Waals surface area contributed by atoms with Gasteiger partial charge in [0.2, 0.25) is 11.8 Å². The van der Waals surface area contributed by atoms with Crippen LogP contribution < -0.4 is 0 Å². The topological polar surface area (TPSA) is 84.3 Å². The second-order valence-electron chi connectivity index (χ2n) is 9.12. The van der Waals surface area contributed by atoms with Crippen LogP contribution in [0.15, 0.2) is 24.3 Å². The van der Waals surface area contributed by atoms with Crippen molar-refractivity contribution in [2.24, 2.45) is 5.92 Å². The zero-order valence-corrected chi connectivity index (χ0v) is 19.0. The summed E-state index contributed by atoms with van der Waals surface area (Å²) >= 11 is 0. The molecular weight excluding hydrogens is 432 g/mol. The molecule has 2 saturated heterocycles. The quantitative estimate of drug-likeness (QED) is 0.597. The van der Waals surface area contributed by atoms with Crippen LogP contribution in [0.4, 0.5) is 8.78 Å². The Labute approximate surface area is 193 Å². The smallest absolute Gasteiger partial charge is 0.246 e. The van der Waals surface area contributed by atoms with Gasteiger partial charge in [-0.1, -0.05) is 13.0 Å². The molecule has 1 aromatic carbocycles. The van der Waals surface area contributed by atoms with Crippen LogP contribution in [0.3, 0.4) is 0 Å². The summed E-state index contributed by atoms with van der Waals surface area (Å²) in [5.74, 6) is -1.91. The summed E-state index contributed by atoms with van der Waals surface area (Å²) in [5, 5.41) is 20.3. The number of nitrogens with zero attached hydrogens (tertiary/aromatic N) is 3. The molecule has 2 fully saturated rings. The molecule has 1 unspecified atom stereocenters. The highest BCUT2D eigenvalue weighted by Crippen LogP contribution is 2.17. The van der Waals surface area contributed by atoms with Gasteiger partial charge in [0.05, 0.1) is 12.2 Å². The second-order valence-corrected chi connectivity index (χ2v) is 9.12. The average Bonchev–Trinajstić information content (AvgIpc) is 2.93. The molecule has 7 nitrogen and oxygen atoms in total. The molecule has 182 valence electrons. The van der Waals surface area contributed by atoms with Crippen LogP contribution in [0, 0.1) is 17.6 Å². The number of likely N-dealkylation sites (tertiary alicyclic amines) is 1. The normalized spacial score (nSPS) is 23.7. The first kappa shape index (κ1) is 25.3. The third kappa shape index (κ3) is 7.58. The van der Waals surface area contributed by atoms with Crippen LogP contribution in [0.5, 0.6) is 0 Å². The van der Waals surface area contributed by atoms with E-state index < -0.39 is 17.7 Å². The van der Waals surface area contributed by atoms with E-state index in [1.54, 1.807) is 9.80 Å². The molecule has 0 aromatic heterocycles. The van der Waals surface area contributed by atoms with Crippen molar-refractivity contribution in [3.05, 3.63) is 41.5 Å². The van der Waals surface area contributed by atoms with E-state index in [2.05, 4.69) is 11.8 Å². The van der Waals surface area contributed by atoms with Gasteiger partial charge in [-0.3, -0.25) is 14.5 Å². The van der Waals surface area contributed by atoms with Gasteiger partial charge in [-0.2, -0.15) is 0 Å². The molecule has 0 radical (unpaired) electrons. The number of amides is 2. The molecule has 3 rings (SSSR count). The van der Waals surface area contributed by atoms with Crippen LogP contribution in [0.25, 0.3) is 6.08 Å². The number of aliphatic hydroxyl groups excluding tert-OH is 2. The molecular formula is C24H33F2N3O4. The molecule has 2 amide bonds. The summed E-state index contributed by atoms with van der Waals surface area (Å²) in [5.41, 5.74) is 0.374. The zero-order chi connectivity index (χ0) is 24.0. The minimum absolute atomic E-state index is 0.0656. The van der Waals surface area contributed by atoms with Crippen molar-refractivity contribution in [2.75, 3.05) is 45.8 Å². The van der Waals surface area contributed by atoms with Gasteiger partial charge in [0.1, 0.15) is 0 Å². The van der Waals surface area contributed by atoms with Crippen LogP contribution in [0.1, 0.15) is 31.7 Å². The third-order valence-corrected chi connectivity index (χ3v) is 6.18. The molecule has 0 saturated carbocycles. The van der Waals surface area contributed by atoms with Crippen LogP contribution in [0.2, 0.25) is 0 Å². The molecule has 3 atom stereocenters. The van der Waals surface area contributed by atoms with Gasteiger partial charge in [0, 0.05) is 58.3 Å².